The number of aromatic nitrogens is 4. The molecule has 0 spiro atoms. The second kappa shape index (κ2) is 15.7. The van der Waals surface area contributed by atoms with E-state index >= 15 is 0 Å². The van der Waals surface area contributed by atoms with Crippen LogP contribution in [0.25, 0.3) is 22.3 Å². The lowest BCUT2D eigenvalue weighted by atomic mass is 10.1. The Bertz CT molecular complexity index is 1860. The Morgan fingerprint density at radius 2 is 1.15 bits per heavy atom. The van der Waals surface area contributed by atoms with Gasteiger partial charge >= 0.3 is 11.9 Å². The minimum atomic E-state index is -1.38. The number of hydrogen-bond acceptors (Lipinski definition) is 9. The second-order valence-corrected chi connectivity index (χ2v) is 11.1. The molecule has 0 radical (unpaired) electrons. The molecule has 4 aromatic rings. The van der Waals surface area contributed by atoms with Gasteiger partial charge in [0.05, 0.1) is 18.7 Å². The van der Waals surface area contributed by atoms with Gasteiger partial charge in [-0.1, -0.05) is 24.3 Å². The average Bonchev–Trinajstić information content (AvgIpc) is 3.10. The van der Waals surface area contributed by atoms with E-state index in [-0.39, 0.29) is 29.9 Å². The molecule has 2 aromatic heterocycles. The number of aromatic carboxylic acids is 1. The summed E-state index contributed by atoms with van der Waals surface area (Å²) < 4.78 is 45.0. The van der Waals surface area contributed by atoms with Crippen LogP contribution in [-0.2, 0) is 14.2 Å². The van der Waals surface area contributed by atoms with Crippen molar-refractivity contribution < 1.29 is 37.7 Å². The van der Waals surface area contributed by atoms with E-state index < -0.39 is 40.1 Å². The zero-order valence-corrected chi connectivity index (χ0v) is 26.1. The standard InChI is InChI=1S/C18H19FN2O4.C16H15FN2O4/c1-2-25-18(23)16-17(22)15(12-3-5-13(19)6-4-12)11-21(20-16)14-7-9-24-10-8-14;17-11-3-1-10(2-4-11)13-9-19(12-5-7-23-8-6-12)18-14(15(13)20)16(21)22/h3-6,11,14H,2,7-10H2,1H3;1-4,9,12H,5-8H2,(H,21,22). The molecule has 2 saturated heterocycles. The van der Waals surface area contributed by atoms with Gasteiger partial charge in [0.25, 0.3) is 0 Å². The van der Waals surface area contributed by atoms with Gasteiger partial charge in [0.1, 0.15) is 11.6 Å². The van der Waals surface area contributed by atoms with Crippen LogP contribution in [0.2, 0.25) is 0 Å². The molecule has 1 N–H and O–H groups in total. The molecular weight excluding hydrogens is 630 g/mol. The Morgan fingerprint density at radius 1 is 0.750 bits per heavy atom. The Kier molecular flexibility index (Phi) is 11.2. The Morgan fingerprint density at radius 3 is 1.54 bits per heavy atom. The molecule has 0 amide bonds. The molecule has 0 aliphatic carbocycles. The van der Waals surface area contributed by atoms with Gasteiger partial charge in [0.2, 0.25) is 22.2 Å². The third kappa shape index (κ3) is 8.06. The number of ether oxygens (including phenoxy) is 3. The minimum absolute atomic E-state index is 0.0263. The van der Waals surface area contributed by atoms with Gasteiger partial charge < -0.3 is 19.3 Å². The van der Waals surface area contributed by atoms with Crippen molar-refractivity contribution in [3.63, 3.8) is 0 Å². The Balaban J connectivity index is 0.000000188. The number of hydrogen-bond donors (Lipinski definition) is 1. The average molecular weight is 665 g/mol. The van der Waals surface area contributed by atoms with E-state index in [1.807, 2.05) is 0 Å². The Labute approximate surface area is 273 Å². The number of carbonyl (C=O) groups is 2. The summed E-state index contributed by atoms with van der Waals surface area (Å²) in [4.78, 5) is 48.6. The number of carboxylic acids is 1. The van der Waals surface area contributed by atoms with E-state index in [0.717, 1.165) is 12.8 Å². The summed E-state index contributed by atoms with van der Waals surface area (Å²) in [5.74, 6) is -2.95. The zero-order chi connectivity index (χ0) is 34.2. The first-order valence-electron chi connectivity index (χ1n) is 15.5. The molecule has 2 aliphatic heterocycles. The molecular formula is C34H34F2N4O8. The lowest BCUT2D eigenvalue weighted by Crippen LogP contribution is -2.29. The third-order valence-corrected chi connectivity index (χ3v) is 7.98. The van der Waals surface area contributed by atoms with Gasteiger partial charge in [-0.2, -0.15) is 10.2 Å². The van der Waals surface area contributed by atoms with E-state index in [0.29, 0.717) is 56.0 Å². The third-order valence-electron chi connectivity index (χ3n) is 7.98. The van der Waals surface area contributed by atoms with Crippen LogP contribution in [0.15, 0.2) is 70.5 Å². The number of halogens is 2. The second-order valence-electron chi connectivity index (χ2n) is 11.1. The van der Waals surface area contributed by atoms with Crippen LogP contribution in [0.4, 0.5) is 8.78 Å². The molecule has 4 heterocycles. The number of carbonyl (C=O) groups excluding carboxylic acids is 1. The van der Waals surface area contributed by atoms with Crippen molar-refractivity contribution in [3.8, 4) is 22.3 Å². The maximum absolute atomic E-state index is 13.2. The smallest absolute Gasteiger partial charge is 0.362 e. The molecule has 2 aromatic carbocycles. The molecule has 0 atom stereocenters. The molecule has 6 rings (SSSR count). The van der Waals surface area contributed by atoms with Gasteiger partial charge in [0.15, 0.2) is 0 Å². The first-order valence-corrected chi connectivity index (χ1v) is 15.5. The highest BCUT2D eigenvalue weighted by Gasteiger charge is 2.24. The SMILES string of the molecule is CCOC(=O)c1nn(C2CCOCC2)cc(-c2ccc(F)cc2)c1=O.O=C(O)c1nn(C2CCOCC2)cc(-c2ccc(F)cc2)c1=O. The summed E-state index contributed by atoms with van der Waals surface area (Å²) in [5.41, 5.74) is -0.495. The van der Waals surface area contributed by atoms with Gasteiger partial charge in [-0.3, -0.25) is 19.0 Å². The first kappa shape index (κ1) is 34.3. The maximum atomic E-state index is 13.2. The molecule has 2 aliphatic rings. The number of carboxylic acid groups (broad SMARTS) is 1. The van der Waals surface area contributed by atoms with Gasteiger partial charge in [-0.05, 0) is 68.0 Å². The molecule has 0 bridgehead atoms. The van der Waals surface area contributed by atoms with Crippen molar-refractivity contribution in [2.45, 2.75) is 44.7 Å². The summed E-state index contributed by atoms with van der Waals surface area (Å²) in [6.07, 6.45) is 6.02. The number of benzene rings is 2. The van der Waals surface area contributed by atoms with Gasteiger partial charge in [0, 0.05) is 49.9 Å². The fourth-order valence-corrected chi connectivity index (χ4v) is 5.43. The minimum Gasteiger partial charge on any atom is -0.476 e. The van der Waals surface area contributed by atoms with Crippen molar-refractivity contribution in [3.05, 3.63) is 104 Å². The van der Waals surface area contributed by atoms with Crippen LogP contribution in [-0.4, -0.2) is 69.6 Å². The van der Waals surface area contributed by atoms with E-state index in [9.17, 15) is 33.1 Å². The zero-order valence-electron chi connectivity index (χ0n) is 26.1. The van der Waals surface area contributed by atoms with Gasteiger partial charge in [-0.15, -0.1) is 0 Å². The normalized spacial score (nSPS) is 15.3. The molecule has 0 unspecified atom stereocenters. The topological polar surface area (TPSA) is 152 Å². The number of rotatable bonds is 7. The highest BCUT2D eigenvalue weighted by Crippen LogP contribution is 2.24. The monoisotopic (exact) mass is 664 g/mol. The maximum Gasteiger partial charge on any atom is 0.362 e. The predicted molar refractivity (Wildman–Crippen MR) is 169 cm³/mol. The van der Waals surface area contributed by atoms with Crippen LogP contribution in [0.3, 0.4) is 0 Å². The predicted octanol–water partition coefficient (Wildman–Crippen LogP) is 4.68. The fraction of sp³-hybridized carbons (Fsp3) is 0.353. The van der Waals surface area contributed by atoms with Crippen molar-refractivity contribution in [1.29, 1.82) is 0 Å². The van der Waals surface area contributed by atoms with E-state index in [1.54, 1.807) is 17.8 Å². The fourth-order valence-electron chi connectivity index (χ4n) is 5.43. The summed E-state index contributed by atoms with van der Waals surface area (Å²) in [6, 6.07) is 10.9. The van der Waals surface area contributed by atoms with Crippen molar-refractivity contribution >= 4 is 11.9 Å². The molecule has 0 saturated carbocycles. The van der Waals surface area contributed by atoms with Crippen LogP contribution < -0.4 is 10.9 Å². The van der Waals surface area contributed by atoms with Crippen molar-refractivity contribution in [1.82, 2.24) is 19.6 Å². The van der Waals surface area contributed by atoms with E-state index in [4.69, 9.17) is 14.2 Å². The highest BCUT2D eigenvalue weighted by atomic mass is 19.1. The summed E-state index contributed by atoms with van der Waals surface area (Å²) in [6.45, 7) is 4.13. The van der Waals surface area contributed by atoms with Crippen LogP contribution in [0.5, 0.6) is 0 Å². The summed E-state index contributed by atoms with van der Waals surface area (Å²) >= 11 is 0. The van der Waals surface area contributed by atoms with E-state index in [2.05, 4.69) is 10.2 Å². The van der Waals surface area contributed by atoms with Gasteiger partial charge in [-0.25, -0.2) is 18.4 Å². The quantitative estimate of drug-likeness (QED) is 0.276. The van der Waals surface area contributed by atoms with Crippen LogP contribution in [0.1, 0.15) is 65.7 Å². The molecule has 48 heavy (non-hydrogen) atoms. The summed E-state index contributed by atoms with van der Waals surface area (Å²) in [5, 5.41) is 17.4. The largest absolute Gasteiger partial charge is 0.476 e. The molecule has 14 heteroatoms. The summed E-state index contributed by atoms with van der Waals surface area (Å²) in [7, 11) is 0. The molecule has 2 fully saturated rings. The van der Waals surface area contributed by atoms with Crippen molar-refractivity contribution in [2.24, 2.45) is 0 Å². The lowest BCUT2D eigenvalue weighted by molar-refractivity contribution is 0.0504. The first-order chi connectivity index (χ1) is 23.2. The Hall–Kier alpha value is -5.08. The van der Waals surface area contributed by atoms with E-state index in [1.165, 1.54) is 59.4 Å². The van der Waals surface area contributed by atoms with Crippen LogP contribution >= 0.6 is 0 Å². The molecule has 12 nitrogen and oxygen atoms in total. The highest BCUT2D eigenvalue weighted by molar-refractivity contribution is 5.88. The number of nitrogens with zero attached hydrogens (tertiary/aromatic N) is 4. The molecule has 252 valence electrons. The van der Waals surface area contributed by atoms with Crippen molar-refractivity contribution in [2.75, 3.05) is 33.0 Å². The van der Waals surface area contributed by atoms with Crippen LogP contribution in [0, 0.1) is 11.6 Å². The number of esters is 1. The lowest BCUT2D eigenvalue weighted by Gasteiger charge is -2.24.